The van der Waals surface area contributed by atoms with Gasteiger partial charge >= 0.3 is 0 Å². The van der Waals surface area contributed by atoms with Crippen LogP contribution in [0.3, 0.4) is 0 Å². The van der Waals surface area contributed by atoms with Gasteiger partial charge in [0.2, 0.25) is 5.96 Å². The van der Waals surface area contributed by atoms with Crippen molar-refractivity contribution >= 4 is 17.4 Å². The number of para-hydroxylation sites is 1. The lowest BCUT2D eigenvalue weighted by Gasteiger charge is -2.11. The molecule has 34 heavy (non-hydrogen) atoms. The predicted molar refractivity (Wildman–Crippen MR) is 134 cm³/mol. The molecule has 0 unspecified atom stereocenters. The maximum absolute atomic E-state index is 12.2. The molecule has 0 radical (unpaired) electrons. The largest absolute Gasteiger partial charge is 0.493 e. The van der Waals surface area contributed by atoms with Crippen LogP contribution in [0.5, 0.6) is 5.75 Å². The normalized spacial score (nSPS) is 10.9. The van der Waals surface area contributed by atoms with Crippen molar-refractivity contribution < 1.29 is 9.53 Å². The Morgan fingerprint density at radius 3 is 2.47 bits per heavy atom. The number of aromatic nitrogens is 1. The molecule has 0 fully saturated rings. The number of aliphatic imine (C=N–C) groups is 1. The minimum Gasteiger partial charge on any atom is -0.493 e. The number of ketones is 1. The number of Topliss-reactive ketones (excluding diaryl/α,β-unsaturated/α-hetero) is 1. The Bertz CT molecular complexity index is 1090. The van der Waals surface area contributed by atoms with E-state index < -0.39 is 0 Å². The number of pyridine rings is 1. The van der Waals surface area contributed by atoms with Gasteiger partial charge in [-0.3, -0.25) is 15.1 Å². The van der Waals surface area contributed by atoms with Crippen LogP contribution < -0.4 is 15.4 Å². The van der Waals surface area contributed by atoms with Gasteiger partial charge in [-0.2, -0.15) is 5.26 Å². The summed E-state index contributed by atoms with van der Waals surface area (Å²) < 4.78 is 6.03. The van der Waals surface area contributed by atoms with Crippen LogP contribution in [0.25, 0.3) is 11.1 Å². The Hall–Kier alpha value is -4.18. The van der Waals surface area contributed by atoms with E-state index in [0.29, 0.717) is 13.0 Å². The third kappa shape index (κ3) is 8.40. The van der Waals surface area contributed by atoms with Crippen LogP contribution in [0, 0.1) is 11.5 Å². The van der Waals surface area contributed by atoms with Crippen LogP contribution in [0.1, 0.15) is 32.1 Å². The van der Waals surface area contributed by atoms with E-state index in [2.05, 4.69) is 38.8 Å². The molecule has 0 aliphatic rings. The smallest absolute Gasteiger partial charge is 0.209 e. The Labute approximate surface area is 200 Å². The molecule has 0 bridgehead atoms. The molecular formula is C27H29N5O2. The predicted octanol–water partition coefficient (Wildman–Crippen LogP) is 5.19. The quantitative estimate of drug-likeness (QED) is 0.128. The molecule has 0 aliphatic heterocycles. The summed E-state index contributed by atoms with van der Waals surface area (Å²) in [6.07, 6.45) is 9.25. The summed E-state index contributed by atoms with van der Waals surface area (Å²) in [5.41, 5.74) is 2.97. The molecule has 7 nitrogen and oxygen atoms in total. The van der Waals surface area contributed by atoms with Gasteiger partial charge in [-0.25, -0.2) is 4.99 Å². The zero-order valence-electron chi connectivity index (χ0n) is 19.1. The lowest BCUT2D eigenvalue weighted by atomic mass is 10.0. The number of unbranched alkanes of at least 4 members (excludes halogenated alkanes) is 3. The molecule has 0 saturated heterocycles. The summed E-state index contributed by atoms with van der Waals surface area (Å²) in [7, 11) is 0. The molecule has 0 amide bonds. The minimum atomic E-state index is 0.0292. The van der Waals surface area contributed by atoms with Crippen LogP contribution in [0.4, 0.5) is 5.69 Å². The molecular weight excluding hydrogens is 426 g/mol. The van der Waals surface area contributed by atoms with Gasteiger partial charge in [0.05, 0.1) is 6.61 Å². The molecule has 1 heterocycles. The van der Waals surface area contributed by atoms with Crippen LogP contribution in [-0.2, 0) is 4.79 Å². The van der Waals surface area contributed by atoms with E-state index in [0.717, 1.165) is 48.2 Å². The second-order valence-corrected chi connectivity index (χ2v) is 7.68. The average molecular weight is 456 g/mol. The number of benzene rings is 2. The number of ether oxygens (including phenoxy) is 1. The Morgan fingerprint density at radius 2 is 1.68 bits per heavy atom. The second kappa shape index (κ2) is 14.1. The monoisotopic (exact) mass is 455 g/mol. The van der Waals surface area contributed by atoms with Gasteiger partial charge in [0.25, 0.3) is 0 Å². The van der Waals surface area contributed by atoms with E-state index in [-0.39, 0.29) is 18.3 Å². The van der Waals surface area contributed by atoms with Gasteiger partial charge < -0.3 is 10.1 Å². The molecule has 0 saturated carbocycles. The number of guanidine groups is 1. The van der Waals surface area contributed by atoms with Crippen molar-refractivity contribution in [3.05, 3.63) is 79.1 Å². The number of carbonyl (C=O) groups is 1. The molecule has 0 atom stereocenters. The van der Waals surface area contributed by atoms with Crippen molar-refractivity contribution in [3.63, 3.8) is 0 Å². The molecule has 7 heteroatoms. The fourth-order valence-corrected chi connectivity index (χ4v) is 3.39. The van der Waals surface area contributed by atoms with Gasteiger partial charge in [0.1, 0.15) is 12.3 Å². The summed E-state index contributed by atoms with van der Waals surface area (Å²) >= 11 is 0. The zero-order valence-corrected chi connectivity index (χ0v) is 19.1. The first kappa shape index (κ1) is 24.5. The van der Waals surface area contributed by atoms with Crippen molar-refractivity contribution in [2.45, 2.75) is 32.1 Å². The van der Waals surface area contributed by atoms with Gasteiger partial charge in [0.15, 0.2) is 12.0 Å². The first-order valence-electron chi connectivity index (χ1n) is 11.4. The first-order chi connectivity index (χ1) is 16.8. The standard InChI is InChI=1S/C27H29N5O2/c28-21-31-27(32-23-15-17-29-18-16-23)30-20-24(33)12-6-1-2-9-19-34-26-14-8-7-13-25(26)22-10-4-3-5-11-22/h3-5,7-8,10-11,13-18H,1-2,6,9,12,19-20H2,(H2,29,30,31,32). The van der Waals surface area contributed by atoms with Crippen LogP contribution in [0.2, 0.25) is 0 Å². The molecule has 1 aromatic heterocycles. The lowest BCUT2D eigenvalue weighted by molar-refractivity contribution is -0.117. The topological polar surface area (TPSA) is 99.4 Å². The molecule has 3 rings (SSSR count). The zero-order chi connectivity index (χ0) is 23.8. The average Bonchev–Trinajstić information content (AvgIpc) is 2.88. The molecule has 0 aliphatic carbocycles. The first-order valence-corrected chi connectivity index (χ1v) is 11.4. The number of hydrogen-bond donors (Lipinski definition) is 2. The van der Waals surface area contributed by atoms with E-state index in [1.165, 1.54) is 0 Å². The summed E-state index contributed by atoms with van der Waals surface area (Å²) in [6.45, 7) is 0.674. The highest BCUT2D eigenvalue weighted by molar-refractivity contribution is 5.96. The fraction of sp³-hybridized carbons (Fsp3) is 0.259. The van der Waals surface area contributed by atoms with E-state index in [1.54, 1.807) is 24.5 Å². The van der Waals surface area contributed by atoms with E-state index in [9.17, 15) is 4.79 Å². The highest BCUT2D eigenvalue weighted by Gasteiger charge is 2.06. The van der Waals surface area contributed by atoms with Crippen molar-refractivity contribution in [1.82, 2.24) is 10.3 Å². The Morgan fingerprint density at radius 1 is 0.941 bits per heavy atom. The summed E-state index contributed by atoms with van der Waals surface area (Å²) in [5.74, 6) is 1.18. The van der Waals surface area contributed by atoms with Crippen molar-refractivity contribution in [2.24, 2.45) is 4.99 Å². The lowest BCUT2D eigenvalue weighted by Crippen LogP contribution is -2.27. The molecule has 2 N–H and O–H groups in total. The maximum Gasteiger partial charge on any atom is 0.209 e. The van der Waals surface area contributed by atoms with Crippen molar-refractivity contribution in [1.29, 1.82) is 5.26 Å². The third-order valence-electron chi connectivity index (χ3n) is 5.11. The summed E-state index contributed by atoms with van der Waals surface area (Å²) in [6, 6.07) is 21.8. The van der Waals surface area contributed by atoms with Crippen LogP contribution in [0.15, 0.2) is 84.1 Å². The van der Waals surface area contributed by atoms with Crippen LogP contribution >= 0.6 is 0 Å². The Balaban J connectivity index is 1.33. The maximum atomic E-state index is 12.2. The third-order valence-corrected chi connectivity index (χ3v) is 5.11. The molecule has 174 valence electrons. The number of carbonyl (C=O) groups excluding carboxylic acids is 1. The van der Waals surface area contributed by atoms with Crippen molar-refractivity contribution in [3.8, 4) is 23.1 Å². The van der Waals surface area contributed by atoms with E-state index >= 15 is 0 Å². The number of nitriles is 1. The number of anilines is 1. The summed E-state index contributed by atoms with van der Waals surface area (Å²) in [4.78, 5) is 20.3. The van der Waals surface area contributed by atoms with E-state index in [4.69, 9.17) is 10.00 Å². The second-order valence-electron chi connectivity index (χ2n) is 7.68. The SMILES string of the molecule is N#CNC(=NCC(=O)CCCCCCOc1ccccc1-c1ccccc1)Nc1ccncc1. The number of hydrogen-bond acceptors (Lipinski definition) is 5. The van der Waals surface area contributed by atoms with Gasteiger partial charge in [-0.05, 0) is 36.6 Å². The number of nitrogens with one attached hydrogen (secondary N) is 2. The van der Waals surface area contributed by atoms with E-state index in [1.807, 2.05) is 42.6 Å². The van der Waals surface area contributed by atoms with Gasteiger partial charge in [-0.15, -0.1) is 0 Å². The highest BCUT2D eigenvalue weighted by Crippen LogP contribution is 2.29. The van der Waals surface area contributed by atoms with Crippen molar-refractivity contribution in [2.75, 3.05) is 18.5 Å². The van der Waals surface area contributed by atoms with Gasteiger partial charge in [-0.1, -0.05) is 61.4 Å². The van der Waals surface area contributed by atoms with Crippen LogP contribution in [-0.4, -0.2) is 29.9 Å². The Kier molecular flexibility index (Phi) is 10.1. The fourth-order valence-electron chi connectivity index (χ4n) is 3.39. The number of rotatable bonds is 12. The van der Waals surface area contributed by atoms with Gasteiger partial charge in [0, 0.05) is 30.1 Å². The molecule has 0 spiro atoms. The summed E-state index contributed by atoms with van der Waals surface area (Å²) in [5, 5.41) is 14.3. The highest BCUT2D eigenvalue weighted by atomic mass is 16.5. The molecule has 2 aromatic carbocycles. The number of nitrogens with zero attached hydrogens (tertiary/aromatic N) is 3. The minimum absolute atomic E-state index is 0.0292. The molecule has 3 aromatic rings.